The summed E-state index contributed by atoms with van der Waals surface area (Å²) in [5.74, 6) is -0.872. The van der Waals surface area contributed by atoms with E-state index in [-0.39, 0.29) is 29.5 Å². The molecule has 0 bridgehead atoms. The summed E-state index contributed by atoms with van der Waals surface area (Å²) >= 11 is 6.09. The Balaban J connectivity index is 1.77. The molecule has 0 fully saturated rings. The van der Waals surface area contributed by atoms with Crippen LogP contribution in [-0.2, 0) is 32.6 Å². The first-order valence-corrected chi connectivity index (χ1v) is 14.9. The lowest BCUT2D eigenvalue weighted by Gasteiger charge is -2.33. The van der Waals surface area contributed by atoms with Crippen molar-refractivity contribution in [3.8, 4) is 0 Å². The highest BCUT2D eigenvalue weighted by Crippen LogP contribution is 2.26. The first-order chi connectivity index (χ1) is 19.7. The number of carbonyl (C=O) groups excluding carboxylic acids is 2. The number of aryl methyl sites for hydroxylation is 1. The number of benzene rings is 4. The number of hydrogen-bond acceptors (Lipinski definition) is 4. The lowest BCUT2D eigenvalue weighted by molar-refractivity contribution is -0.139. The fourth-order valence-electron chi connectivity index (χ4n) is 4.47. The van der Waals surface area contributed by atoms with Crippen LogP contribution in [0.15, 0.2) is 114 Å². The largest absolute Gasteiger partial charge is 0.357 e. The minimum Gasteiger partial charge on any atom is -0.357 e. The second kappa shape index (κ2) is 13.5. The number of nitrogens with zero attached hydrogens (tertiary/aromatic N) is 2. The molecule has 4 aromatic carbocycles. The molecule has 0 heterocycles. The molecule has 0 aliphatic heterocycles. The van der Waals surface area contributed by atoms with Gasteiger partial charge in [-0.15, -0.1) is 0 Å². The zero-order valence-electron chi connectivity index (χ0n) is 22.9. The first-order valence-electron chi connectivity index (χ1n) is 13.1. The van der Waals surface area contributed by atoms with E-state index in [9.17, 15) is 18.0 Å². The Morgan fingerprint density at radius 2 is 1.39 bits per heavy atom. The molecule has 7 nitrogen and oxygen atoms in total. The normalized spacial score (nSPS) is 11.9. The van der Waals surface area contributed by atoms with Gasteiger partial charge in [0.05, 0.1) is 10.6 Å². The number of amides is 2. The molecule has 212 valence electrons. The molecule has 1 N–H and O–H groups in total. The zero-order chi connectivity index (χ0) is 29.4. The molecule has 0 aliphatic carbocycles. The van der Waals surface area contributed by atoms with Gasteiger partial charge in [-0.3, -0.25) is 13.9 Å². The topological polar surface area (TPSA) is 86.8 Å². The molecule has 0 saturated carbocycles. The van der Waals surface area contributed by atoms with Gasteiger partial charge < -0.3 is 10.2 Å². The minimum absolute atomic E-state index is 0.0416. The molecule has 0 spiro atoms. The Bertz CT molecular complexity index is 1560. The molecule has 0 radical (unpaired) electrons. The first kappa shape index (κ1) is 29.8. The van der Waals surface area contributed by atoms with Crippen LogP contribution in [0.25, 0.3) is 0 Å². The summed E-state index contributed by atoms with van der Waals surface area (Å²) in [6.07, 6.45) is 0.254. The van der Waals surface area contributed by atoms with Crippen LogP contribution in [-0.4, -0.2) is 44.8 Å². The third-order valence-corrected chi connectivity index (χ3v) is 8.76. The van der Waals surface area contributed by atoms with Crippen molar-refractivity contribution in [3.05, 3.63) is 131 Å². The van der Waals surface area contributed by atoms with Crippen molar-refractivity contribution in [3.63, 3.8) is 0 Å². The smallest absolute Gasteiger partial charge is 0.264 e. The number of nitrogens with one attached hydrogen (secondary N) is 1. The summed E-state index contributed by atoms with van der Waals surface area (Å²) in [4.78, 5) is 29.0. The van der Waals surface area contributed by atoms with Gasteiger partial charge in [0.1, 0.15) is 12.6 Å². The van der Waals surface area contributed by atoms with Crippen molar-refractivity contribution in [1.29, 1.82) is 0 Å². The standard InChI is InChI=1S/C32H32ClN3O4S/c1-24-13-15-26(16-14-24)22-35(30(32(38)34-2)21-25-9-5-3-6-10-25)31(37)23-36(28-19-17-27(33)18-20-28)41(39,40)29-11-7-4-8-12-29/h3-20,30H,21-23H2,1-2H3,(H,34,38)/t30-/m0/s1. The molecule has 1 atom stereocenters. The molecule has 4 aromatic rings. The summed E-state index contributed by atoms with van der Waals surface area (Å²) in [5, 5.41) is 3.11. The Hall–Kier alpha value is -4.14. The van der Waals surface area contributed by atoms with E-state index < -0.39 is 28.5 Å². The van der Waals surface area contributed by atoms with Crippen LogP contribution < -0.4 is 9.62 Å². The molecule has 9 heteroatoms. The quantitative estimate of drug-likeness (QED) is 0.260. The number of rotatable bonds is 11. The maximum atomic E-state index is 14.2. The monoisotopic (exact) mass is 589 g/mol. The average molecular weight is 590 g/mol. The number of carbonyl (C=O) groups is 2. The van der Waals surface area contributed by atoms with Crippen LogP contribution in [0.2, 0.25) is 5.02 Å². The summed E-state index contributed by atoms with van der Waals surface area (Å²) in [7, 11) is -2.62. The molecular formula is C32H32ClN3O4S. The van der Waals surface area contributed by atoms with E-state index in [1.54, 1.807) is 42.5 Å². The Morgan fingerprint density at radius 1 is 0.805 bits per heavy atom. The lowest BCUT2D eigenvalue weighted by atomic mass is 10.0. The fourth-order valence-corrected chi connectivity index (χ4v) is 6.03. The van der Waals surface area contributed by atoms with Crippen LogP contribution in [0.4, 0.5) is 5.69 Å². The minimum atomic E-state index is -4.14. The second-order valence-corrected chi connectivity index (χ2v) is 11.9. The molecule has 41 heavy (non-hydrogen) atoms. The van der Waals surface area contributed by atoms with E-state index in [4.69, 9.17) is 11.6 Å². The van der Waals surface area contributed by atoms with E-state index in [1.165, 1.54) is 24.1 Å². The average Bonchev–Trinajstić information content (AvgIpc) is 2.99. The van der Waals surface area contributed by atoms with Crippen molar-refractivity contribution in [2.75, 3.05) is 17.9 Å². The van der Waals surface area contributed by atoms with Crippen molar-refractivity contribution in [1.82, 2.24) is 10.2 Å². The summed E-state index contributed by atoms with van der Waals surface area (Å²) in [6.45, 7) is 1.56. The van der Waals surface area contributed by atoms with Crippen LogP contribution in [0.5, 0.6) is 0 Å². The predicted molar refractivity (Wildman–Crippen MR) is 162 cm³/mol. The molecule has 4 rings (SSSR count). The van der Waals surface area contributed by atoms with E-state index in [0.717, 1.165) is 21.0 Å². The lowest BCUT2D eigenvalue weighted by Crippen LogP contribution is -2.53. The van der Waals surface area contributed by atoms with Gasteiger partial charge >= 0.3 is 0 Å². The number of halogens is 1. The van der Waals surface area contributed by atoms with Crippen LogP contribution in [0.1, 0.15) is 16.7 Å². The third kappa shape index (κ3) is 7.54. The van der Waals surface area contributed by atoms with E-state index in [0.29, 0.717) is 5.02 Å². The fraction of sp³-hybridized carbons (Fsp3) is 0.188. The maximum Gasteiger partial charge on any atom is 0.264 e. The van der Waals surface area contributed by atoms with Gasteiger partial charge in [0.2, 0.25) is 11.8 Å². The summed E-state index contributed by atoms with van der Waals surface area (Å²) < 4.78 is 28.8. The van der Waals surface area contributed by atoms with Crippen molar-refractivity contribution in [2.24, 2.45) is 0 Å². The number of likely N-dealkylation sites (N-methyl/N-ethyl adjacent to an activating group) is 1. The zero-order valence-corrected chi connectivity index (χ0v) is 24.5. The van der Waals surface area contributed by atoms with Gasteiger partial charge in [0.15, 0.2) is 0 Å². The van der Waals surface area contributed by atoms with E-state index in [2.05, 4.69) is 5.32 Å². The summed E-state index contributed by atoms with van der Waals surface area (Å²) in [6, 6.07) is 30.4. The van der Waals surface area contributed by atoms with Gasteiger partial charge in [-0.05, 0) is 54.4 Å². The highest BCUT2D eigenvalue weighted by Gasteiger charge is 2.34. The number of sulfonamides is 1. The van der Waals surface area contributed by atoms with Crippen LogP contribution >= 0.6 is 11.6 Å². The highest BCUT2D eigenvalue weighted by atomic mass is 35.5. The molecule has 0 aliphatic rings. The van der Waals surface area contributed by atoms with Gasteiger partial charge in [-0.25, -0.2) is 8.42 Å². The van der Waals surface area contributed by atoms with Crippen molar-refractivity contribution in [2.45, 2.75) is 30.8 Å². The van der Waals surface area contributed by atoms with Gasteiger partial charge in [-0.1, -0.05) is 90.0 Å². The van der Waals surface area contributed by atoms with Crippen LogP contribution in [0, 0.1) is 6.92 Å². The highest BCUT2D eigenvalue weighted by molar-refractivity contribution is 7.92. The number of hydrogen-bond donors (Lipinski definition) is 1. The Morgan fingerprint density at radius 3 is 1.98 bits per heavy atom. The molecule has 0 saturated heterocycles. The van der Waals surface area contributed by atoms with Gasteiger partial charge in [-0.2, -0.15) is 0 Å². The summed E-state index contributed by atoms with van der Waals surface area (Å²) in [5.41, 5.74) is 3.02. The van der Waals surface area contributed by atoms with Gasteiger partial charge in [0, 0.05) is 25.0 Å². The maximum absolute atomic E-state index is 14.2. The third-order valence-electron chi connectivity index (χ3n) is 6.72. The Labute approximate surface area is 246 Å². The van der Waals surface area contributed by atoms with Crippen LogP contribution in [0.3, 0.4) is 0 Å². The van der Waals surface area contributed by atoms with Crippen molar-refractivity contribution < 1.29 is 18.0 Å². The predicted octanol–water partition coefficient (Wildman–Crippen LogP) is 5.23. The molecule has 0 aromatic heterocycles. The Kier molecular flexibility index (Phi) is 9.81. The molecule has 0 unspecified atom stereocenters. The van der Waals surface area contributed by atoms with Gasteiger partial charge in [0.25, 0.3) is 10.0 Å². The molecular weight excluding hydrogens is 558 g/mol. The SMILES string of the molecule is CNC(=O)[C@H](Cc1ccccc1)N(Cc1ccc(C)cc1)C(=O)CN(c1ccc(Cl)cc1)S(=O)(=O)c1ccccc1. The van der Waals surface area contributed by atoms with Crippen molar-refractivity contribution >= 4 is 39.1 Å². The second-order valence-electron chi connectivity index (χ2n) is 9.63. The molecule has 2 amide bonds. The van der Waals surface area contributed by atoms with E-state index in [1.807, 2.05) is 61.5 Å². The number of anilines is 1. The van der Waals surface area contributed by atoms with E-state index >= 15 is 0 Å².